The highest BCUT2D eigenvalue weighted by Gasteiger charge is 2.18. The fourth-order valence-electron chi connectivity index (χ4n) is 3.94. The first kappa shape index (κ1) is 18.7. The van der Waals surface area contributed by atoms with Crippen LogP contribution in [-0.4, -0.2) is 46.5 Å². The van der Waals surface area contributed by atoms with Crippen LogP contribution in [0.25, 0.3) is 45.1 Å². The number of nitrogens with zero attached hydrogens (tertiary/aromatic N) is 7. The van der Waals surface area contributed by atoms with Gasteiger partial charge in [0.25, 0.3) is 0 Å². The van der Waals surface area contributed by atoms with Crippen LogP contribution in [0.2, 0.25) is 0 Å². The van der Waals surface area contributed by atoms with E-state index in [1.54, 1.807) is 25.4 Å². The largest absolute Gasteiger partial charge is 0.309 e. The lowest BCUT2D eigenvalue weighted by molar-refractivity contribution is 0.508. The summed E-state index contributed by atoms with van der Waals surface area (Å²) in [6.07, 6.45) is 3.57. The Hall–Kier alpha value is -4.05. The van der Waals surface area contributed by atoms with E-state index in [4.69, 9.17) is 4.98 Å². The SMILES string of the molecule is Cc1nc(-c2n[nH]cc2-c2ccc3ncc(-c4nnc5n4CCNC5)cc3n2)ccc1F. The van der Waals surface area contributed by atoms with Gasteiger partial charge in [0.05, 0.1) is 34.7 Å². The molecule has 10 heteroatoms. The molecule has 0 unspecified atom stereocenters. The second-order valence-corrected chi connectivity index (χ2v) is 7.64. The van der Waals surface area contributed by atoms with Gasteiger partial charge < -0.3 is 9.88 Å². The molecule has 0 aromatic carbocycles. The number of aromatic amines is 1. The number of hydrogen-bond donors (Lipinski definition) is 2. The van der Waals surface area contributed by atoms with Gasteiger partial charge in [0.15, 0.2) is 5.82 Å². The molecule has 0 spiro atoms. The predicted molar refractivity (Wildman–Crippen MR) is 116 cm³/mol. The molecule has 1 aliphatic heterocycles. The Balaban J connectivity index is 1.43. The predicted octanol–water partition coefficient (Wildman–Crippen LogP) is 2.89. The Kier molecular flexibility index (Phi) is 4.25. The highest BCUT2D eigenvalue weighted by atomic mass is 19.1. The molecule has 0 amide bonds. The molecule has 0 saturated carbocycles. The number of fused-ring (bicyclic) bond motifs is 2. The quantitative estimate of drug-likeness (QED) is 0.456. The van der Waals surface area contributed by atoms with E-state index in [1.165, 1.54) is 6.07 Å². The Labute approximate surface area is 181 Å². The number of aryl methyl sites for hydroxylation is 1. The standard InChI is InChI=1S/C22H18FN9/c1-12-15(23)2-3-18(27-12)21-14(10-26-30-21)16-4-5-17-19(28-16)8-13(9-25-17)22-31-29-20-11-24-6-7-32(20)22/h2-5,8-10,24H,6-7,11H2,1H3,(H,26,30). The number of rotatable bonds is 3. The van der Waals surface area contributed by atoms with Gasteiger partial charge in [-0.05, 0) is 37.3 Å². The normalized spacial score (nSPS) is 13.4. The fourth-order valence-corrected chi connectivity index (χ4v) is 3.94. The maximum absolute atomic E-state index is 13.7. The first-order valence-electron chi connectivity index (χ1n) is 10.2. The van der Waals surface area contributed by atoms with Gasteiger partial charge in [-0.25, -0.2) is 14.4 Å². The van der Waals surface area contributed by atoms with Crippen molar-refractivity contribution in [3.05, 3.63) is 60.1 Å². The third kappa shape index (κ3) is 3.04. The van der Waals surface area contributed by atoms with Crippen LogP contribution in [0.3, 0.4) is 0 Å². The van der Waals surface area contributed by atoms with Crippen LogP contribution in [-0.2, 0) is 13.1 Å². The van der Waals surface area contributed by atoms with Gasteiger partial charge >= 0.3 is 0 Å². The summed E-state index contributed by atoms with van der Waals surface area (Å²) in [5.74, 6) is 1.36. The van der Waals surface area contributed by atoms with Crippen molar-refractivity contribution in [2.24, 2.45) is 0 Å². The highest BCUT2D eigenvalue weighted by molar-refractivity contribution is 5.84. The van der Waals surface area contributed by atoms with Gasteiger partial charge in [-0.15, -0.1) is 10.2 Å². The van der Waals surface area contributed by atoms with Crippen molar-refractivity contribution in [1.29, 1.82) is 0 Å². The maximum atomic E-state index is 13.7. The number of pyridine rings is 3. The van der Waals surface area contributed by atoms with Gasteiger partial charge in [-0.3, -0.25) is 10.1 Å². The first-order valence-corrected chi connectivity index (χ1v) is 10.2. The van der Waals surface area contributed by atoms with Crippen LogP contribution in [0.1, 0.15) is 11.5 Å². The average molecular weight is 427 g/mol. The van der Waals surface area contributed by atoms with Crippen molar-refractivity contribution in [3.63, 3.8) is 0 Å². The molecule has 0 fully saturated rings. The van der Waals surface area contributed by atoms with Crippen LogP contribution in [0.15, 0.2) is 42.7 Å². The second kappa shape index (κ2) is 7.27. The van der Waals surface area contributed by atoms with Crippen LogP contribution < -0.4 is 5.32 Å². The van der Waals surface area contributed by atoms with E-state index in [-0.39, 0.29) is 5.82 Å². The van der Waals surface area contributed by atoms with E-state index in [0.29, 0.717) is 23.6 Å². The summed E-state index contributed by atoms with van der Waals surface area (Å²) in [5.41, 5.74) is 5.40. The average Bonchev–Trinajstić information content (AvgIpc) is 3.48. The van der Waals surface area contributed by atoms with E-state index < -0.39 is 0 Å². The molecule has 0 saturated heterocycles. The fraction of sp³-hybridized carbons (Fsp3) is 0.182. The zero-order valence-electron chi connectivity index (χ0n) is 17.2. The van der Waals surface area contributed by atoms with Crippen molar-refractivity contribution in [2.75, 3.05) is 6.54 Å². The van der Waals surface area contributed by atoms with E-state index in [9.17, 15) is 4.39 Å². The van der Waals surface area contributed by atoms with Gasteiger partial charge in [0, 0.05) is 36.6 Å². The Morgan fingerprint density at radius 1 is 1.03 bits per heavy atom. The van der Waals surface area contributed by atoms with E-state index >= 15 is 0 Å². The molecule has 1 aliphatic rings. The highest BCUT2D eigenvalue weighted by Crippen LogP contribution is 2.30. The lowest BCUT2D eigenvalue weighted by Gasteiger charge is -2.16. The van der Waals surface area contributed by atoms with Crippen LogP contribution >= 0.6 is 0 Å². The van der Waals surface area contributed by atoms with Crippen molar-refractivity contribution in [3.8, 4) is 34.0 Å². The molecular weight excluding hydrogens is 409 g/mol. The maximum Gasteiger partial charge on any atom is 0.165 e. The minimum atomic E-state index is -0.347. The summed E-state index contributed by atoms with van der Waals surface area (Å²) >= 11 is 0. The van der Waals surface area contributed by atoms with Gasteiger partial charge in [-0.2, -0.15) is 5.10 Å². The van der Waals surface area contributed by atoms with E-state index in [1.807, 2.05) is 18.2 Å². The third-order valence-electron chi connectivity index (χ3n) is 5.60. The second-order valence-electron chi connectivity index (χ2n) is 7.64. The molecule has 6 heterocycles. The lowest BCUT2D eigenvalue weighted by atomic mass is 10.1. The van der Waals surface area contributed by atoms with Crippen molar-refractivity contribution in [1.82, 2.24) is 45.2 Å². The summed E-state index contributed by atoms with van der Waals surface area (Å²) in [7, 11) is 0. The molecular formula is C22H18FN9. The smallest absolute Gasteiger partial charge is 0.165 e. The number of halogens is 1. The Morgan fingerprint density at radius 2 is 1.94 bits per heavy atom. The van der Waals surface area contributed by atoms with Crippen molar-refractivity contribution < 1.29 is 4.39 Å². The molecule has 6 rings (SSSR count). The molecule has 2 N–H and O–H groups in total. The Bertz CT molecular complexity index is 1470. The van der Waals surface area contributed by atoms with Gasteiger partial charge in [0.2, 0.25) is 0 Å². The zero-order valence-corrected chi connectivity index (χ0v) is 17.2. The van der Waals surface area contributed by atoms with Gasteiger partial charge in [-0.1, -0.05) is 0 Å². The summed E-state index contributed by atoms with van der Waals surface area (Å²) < 4.78 is 15.8. The van der Waals surface area contributed by atoms with Crippen molar-refractivity contribution >= 4 is 11.0 Å². The first-order chi connectivity index (χ1) is 15.7. The van der Waals surface area contributed by atoms with Crippen LogP contribution in [0, 0.1) is 12.7 Å². The molecule has 0 radical (unpaired) electrons. The third-order valence-corrected chi connectivity index (χ3v) is 5.60. The molecule has 0 bridgehead atoms. The van der Waals surface area contributed by atoms with E-state index in [2.05, 4.69) is 40.2 Å². The molecule has 0 atom stereocenters. The lowest BCUT2D eigenvalue weighted by Crippen LogP contribution is -2.28. The summed E-state index contributed by atoms with van der Waals surface area (Å²) in [6, 6.07) is 8.81. The van der Waals surface area contributed by atoms with Crippen molar-refractivity contribution in [2.45, 2.75) is 20.0 Å². The molecule has 32 heavy (non-hydrogen) atoms. The van der Waals surface area contributed by atoms with E-state index in [0.717, 1.165) is 52.6 Å². The molecule has 5 aromatic heterocycles. The van der Waals surface area contributed by atoms with Crippen LogP contribution in [0.4, 0.5) is 4.39 Å². The van der Waals surface area contributed by atoms with Crippen LogP contribution in [0.5, 0.6) is 0 Å². The molecule has 5 aromatic rings. The van der Waals surface area contributed by atoms with Gasteiger partial charge in [0.1, 0.15) is 17.3 Å². The summed E-state index contributed by atoms with van der Waals surface area (Å²) in [4.78, 5) is 13.7. The summed E-state index contributed by atoms with van der Waals surface area (Å²) in [6.45, 7) is 4.02. The number of nitrogens with one attached hydrogen (secondary N) is 2. The Morgan fingerprint density at radius 3 is 2.84 bits per heavy atom. The molecule has 158 valence electrons. The molecule has 0 aliphatic carbocycles. The topological polar surface area (TPSA) is 110 Å². The minimum absolute atomic E-state index is 0.323. The minimum Gasteiger partial charge on any atom is -0.309 e. The monoisotopic (exact) mass is 427 g/mol. The summed E-state index contributed by atoms with van der Waals surface area (Å²) in [5, 5.41) is 19.2. The number of H-pyrrole nitrogens is 1. The molecule has 9 nitrogen and oxygen atoms in total. The number of aromatic nitrogens is 8. The number of hydrogen-bond acceptors (Lipinski definition) is 7. The zero-order chi connectivity index (χ0) is 21.7.